The van der Waals surface area contributed by atoms with Crippen molar-refractivity contribution >= 4 is 28.1 Å². The van der Waals surface area contributed by atoms with Crippen LogP contribution in [0.15, 0.2) is 29.6 Å². The lowest BCUT2D eigenvalue weighted by molar-refractivity contribution is -0.118. The molecule has 4 nitrogen and oxygen atoms in total. The van der Waals surface area contributed by atoms with Gasteiger partial charge in [0.1, 0.15) is 0 Å². The maximum atomic E-state index is 11.6. The number of carbonyl (C=O) groups is 1. The van der Waals surface area contributed by atoms with Crippen LogP contribution in [0.5, 0.6) is 0 Å². The van der Waals surface area contributed by atoms with Crippen molar-refractivity contribution in [1.82, 2.24) is 4.98 Å². The summed E-state index contributed by atoms with van der Waals surface area (Å²) in [7, 11) is 0. The van der Waals surface area contributed by atoms with Gasteiger partial charge in [-0.1, -0.05) is 26.0 Å². The maximum absolute atomic E-state index is 11.6. The van der Waals surface area contributed by atoms with Gasteiger partial charge in [0.25, 0.3) is 0 Å². The lowest BCUT2D eigenvalue weighted by Crippen LogP contribution is -2.17. The van der Waals surface area contributed by atoms with Crippen LogP contribution in [0.25, 0.3) is 0 Å². The van der Waals surface area contributed by atoms with Crippen molar-refractivity contribution in [3.05, 3.63) is 40.9 Å². The van der Waals surface area contributed by atoms with E-state index < -0.39 is 0 Å². The van der Waals surface area contributed by atoms with E-state index in [4.69, 9.17) is 5.73 Å². The average Bonchev–Trinajstić information content (AvgIpc) is 2.85. The molecule has 0 aliphatic rings. The SMILES string of the molecule is CC(C)C(=O)Nc1nc(CCc2ccc(N)cc2)cs1. The fourth-order valence-corrected chi connectivity index (χ4v) is 2.43. The van der Waals surface area contributed by atoms with Crippen molar-refractivity contribution in [2.75, 3.05) is 11.1 Å². The molecule has 1 amide bonds. The highest BCUT2D eigenvalue weighted by atomic mass is 32.1. The molecule has 1 heterocycles. The van der Waals surface area contributed by atoms with Crippen molar-refractivity contribution < 1.29 is 4.79 Å². The highest BCUT2D eigenvalue weighted by Crippen LogP contribution is 2.18. The van der Waals surface area contributed by atoms with Gasteiger partial charge in [0, 0.05) is 17.0 Å². The van der Waals surface area contributed by atoms with Crippen LogP contribution in [0.1, 0.15) is 25.1 Å². The van der Waals surface area contributed by atoms with Crippen LogP contribution in [-0.4, -0.2) is 10.9 Å². The monoisotopic (exact) mass is 289 g/mol. The molecule has 0 bridgehead atoms. The van der Waals surface area contributed by atoms with Crippen LogP contribution >= 0.6 is 11.3 Å². The number of amides is 1. The second-order valence-corrected chi connectivity index (χ2v) is 5.89. The quantitative estimate of drug-likeness (QED) is 0.831. The molecule has 0 saturated heterocycles. The number of rotatable bonds is 5. The van der Waals surface area contributed by atoms with E-state index in [1.165, 1.54) is 16.9 Å². The van der Waals surface area contributed by atoms with Crippen LogP contribution in [0.2, 0.25) is 0 Å². The summed E-state index contributed by atoms with van der Waals surface area (Å²) in [5, 5.41) is 5.49. The Hall–Kier alpha value is -1.88. The molecule has 106 valence electrons. The third-order valence-corrected chi connectivity index (χ3v) is 3.76. The summed E-state index contributed by atoms with van der Waals surface area (Å²) in [4.78, 5) is 16.0. The first-order chi connectivity index (χ1) is 9.54. The number of benzene rings is 1. The van der Waals surface area contributed by atoms with Crippen LogP contribution in [0.4, 0.5) is 10.8 Å². The molecule has 2 aromatic rings. The zero-order chi connectivity index (χ0) is 14.5. The number of hydrogen-bond donors (Lipinski definition) is 2. The van der Waals surface area contributed by atoms with Gasteiger partial charge in [-0.3, -0.25) is 4.79 Å². The van der Waals surface area contributed by atoms with Gasteiger partial charge in [-0.15, -0.1) is 11.3 Å². The normalized spacial score (nSPS) is 10.8. The van der Waals surface area contributed by atoms with Gasteiger partial charge in [-0.05, 0) is 30.5 Å². The van der Waals surface area contributed by atoms with Crippen molar-refractivity contribution in [2.45, 2.75) is 26.7 Å². The van der Waals surface area contributed by atoms with Gasteiger partial charge < -0.3 is 11.1 Å². The Labute approximate surface area is 123 Å². The Morgan fingerprint density at radius 2 is 2.00 bits per heavy atom. The van der Waals surface area contributed by atoms with E-state index in [0.29, 0.717) is 5.13 Å². The minimum absolute atomic E-state index is 0.00411. The summed E-state index contributed by atoms with van der Waals surface area (Å²) in [6.45, 7) is 3.73. The summed E-state index contributed by atoms with van der Waals surface area (Å²) < 4.78 is 0. The zero-order valence-corrected chi connectivity index (χ0v) is 12.5. The molecule has 0 aliphatic carbocycles. The molecule has 0 aliphatic heterocycles. The molecule has 0 fully saturated rings. The molecule has 0 radical (unpaired) electrons. The minimum Gasteiger partial charge on any atom is -0.399 e. The van der Waals surface area contributed by atoms with Crippen LogP contribution in [0.3, 0.4) is 0 Å². The predicted octanol–water partition coefficient (Wildman–Crippen LogP) is 3.11. The first-order valence-electron chi connectivity index (χ1n) is 6.64. The van der Waals surface area contributed by atoms with Gasteiger partial charge in [0.15, 0.2) is 5.13 Å². The van der Waals surface area contributed by atoms with Crippen LogP contribution in [0, 0.1) is 5.92 Å². The number of nitrogen functional groups attached to an aromatic ring is 1. The van der Waals surface area contributed by atoms with E-state index in [0.717, 1.165) is 24.2 Å². The summed E-state index contributed by atoms with van der Waals surface area (Å²) in [5.41, 5.74) is 8.68. The standard InChI is InChI=1S/C15H19N3OS/c1-10(2)14(19)18-15-17-13(9-20-15)8-5-11-3-6-12(16)7-4-11/h3-4,6-7,9-10H,5,8,16H2,1-2H3,(H,17,18,19). The fourth-order valence-electron chi connectivity index (χ4n) is 1.69. The number of nitrogens with one attached hydrogen (secondary N) is 1. The van der Waals surface area contributed by atoms with E-state index >= 15 is 0 Å². The van der Waals surface area contributed by atoms with Crippen molar-refractivity contribution in [1.29, 1.82) is 0 Å². The van der Waals surface area contributed by atoms with E-state index in [1.54, 1.807) is 0 Å². The number of nitrogens with zero attached hydrogens (tertiary/aromatic N) is 1. The summed E-state index contributed by atoms with van der Waals surface area (Å²) in [6, 6.07) is 7.88. The molecule has 20 heavy (non-hydrogen) atoms. The van der Waals surface area contributed by atoms with Gasteiger partial charge in [0.2, 0.25) is 5.91 Å². The molecule has 0 saturated carbocycles. The molecule has 2 rings (SSSR count). The third-order valence-electron chi connectivity index (χ3n) is 2.96. The van der Waals surface area contributed by atoms with Gasteiger partial charge >= 0.3 is 0 Å². The number of aryl methyl sites for hydroxylation is 2. The predicted molar refractivity (Wildman–Crippen MR) is 83.8 cm³/mol. The van der Waals surface area contributed by atoms with E-state index in [-0.39, 0.29) is 11.8 Å². The van der Waals surface area contributed by atoms with E-state index in [2.05, 4.69) is 10.3 Å². The number of anilines is 2. The molecule has 3 N–H and O–H groups in total. The Morgan fingerprint density at radius 1 is 1.30 bits per heavy atom. The molecular formula is C15H19N3OS. The smallest absolute Gasteiger partial charge is 0.228 e. The highest BCUT2D eigenvalue weighted by Gasteiger charge is 2.09. The lowest BCUT2D eigenvalue weighted by atomic mass is 10.1. The van der Waals surface area contributed by atoms with Crippen molar-refractivity contribution in [3.63, 3.8) is 0 Å². The topological polar surface area (TPSA) is 68.0 Å². The molecule has 0 atom stereocenters. The minimum atomic E-state index is -0.0304. The first-order valence-corrected chi connectivity index (χ1v) is 7.52. The third kappa shape index (κ3) is 4.06. The second-order valence-electron chi connectivity index (χ2n) is 5.03. The zero-order valence-electron chi connectivity index (χ0n) is 11.7. The van der Waals surface area contributed by atoms with Gasteiger partial charge in [0.05, 0.1) is 5.69 Å². The van der Waals surface area contributed by atoms with Crippen molar-refractivity contribution in [2.24, 2.45) is 5.92 Å². The second kappa shape index (κ2) is 6.52. The summed E-state index contributed by atoms with van der Waals surface area (Å²) >= 11 is 1.47. The number of nitrogens with two attached hydrogens (primary N) is 1. The molecule has 5 heteroatoms. The van der Waals surface area contributed by atoms with Crippen LogP contribution < -0.4 is 11.1 Å². The molecule has 0 spiro atoms. The lowest BCUT2D eigenvalue weighted by Gasteiger charge is -2.03. The maximum Gasteiger partial charge on any atom is 0.228 e. The Bertz CT molecular complexity index is 575. The van der Waals surface area contributed by atoms with Crippen molar-refractivity contribution in [3.8, 4) is 0 Å². The molecule has 1 aromatic carbocycles. The Kier molecular flexibility index (Phi) is 4.74. The largest absolute Gasteiger partial charge is 0.399 e. The molecule has 1 aromatic heterocycles. The fraction of sp³-hybridized carbons (Fsp3) is 0.333. The summed E-state index contributed by atoms with van der Waals surface area (Å²) in [5.74, 6) is -0.0263. The van der Waals surface area contributed by atoms with Gasteiger partial charge in [-0.2, -0.15) is 0 Å². The first kappa shape index (κ1) is 14.5. The molecular weight excluding hydrogens is 270 g/mol. The van der Waals surface area contributed by atoms with E-state index in [9.17, 15) is 4.79 Å². The Balaban J connectivity index is 1.89. The number of thiazole rings is 1. The average molecular weight is 289 g/mol. The van der Waals surface area contributed by atoms with Crippen LogP contribution in [-0.2, 0) is 17.6 Å². The van der Waals surface area contributed by atoms with Gasteiger partial charge in [-0.25, -0.2) is 4.98 Å². The number of hydrogen-bond acceptors (Lipinski definition) is 4. The number of aromatic nitrogens is 1. The Morgan fingerprint density at radius 3 is 2.65 bits per heavy atom. The summed E-state index contributed by atoms with van der Waals surface area (Å²) in [6.07, 6.45) is 1.78. The highest BCUT2D eigenvalue weighted by molar-refractivity contribution is 7.13. The molecule has 0 unspecified atom stereocenters. The van der Waals surface area contributed by atoms with E-state index in [1.807, 2.05) is 43.5 Å². The number of carbonyl (C=O) groups excluding carboxylic acids is 1.